The van der Waals surface area contributed by atoms with Crippen LogP contribution in [0.4, 0.5) is 5.82 Å². The molecule has 0 unspecified atom stereocenters. The fourth-order valence-electron chi connectivity index (χ4n) is 2.36. The summed E-state index contributed by atoms with van der Waals surface area (Å²) in [6.45, 7) is 10.8. The molecule has 3 heteroatoms. The number of rotatable bonds is 1. The molecule has 1 aromatic carbocycles. The van der Waals surface area contributed by atoms with Crippen molar-refractivity contribution in [2.75, 3.05) is 5.73 Å². The highest BCUT2D eigenvalue weighted by atomic mass is 15.1. The molecule has 94 valence electrons. The van der Waals surface area contributed by atoms with Crippen LogP contribution in [0.3, 0.4) is 0 Å². The summed E-state index contributed by atoms with van der Waals surface area (Å²) in [6, 6.07) is 3.73. The number of nitrogens with two attached hydrogens (primary N) is 1. The highest BCUT2D eigenvalue weighted by molar-refractivity contribution is 5.72. The first-order chi connectivity index (χ1) is 8.43. The van der Waals surface area contributed by atoms with Gasteiger partial charge in [-0.05, 0) is 74.6 Å². The van der Waals surface area contributed by atoms with Crippen LogP contribution in [0.2, 0.25) is 0 Å². The third kappa shape index (κ3) is 1.86. The van der Waals surface area contributed by atoms with Crippen molar-refractivity contribution in [3.8, 4) is 11.3 Å². The minimum absolute atomic E-state index is 0.453. The Hall–Kier alpha value is -1.90. The van der Waals surface area contributed by atoms with E-state index in [1.807, 2.05) is 6.07 Å². The molecular formula is C15H19N3. The average molecular weight is 241 g/mol. The number of hydrogen-bond acceptors (Lipinski definition) is 3. The summed E-state index contributed by atoms with van der Waals surface area (Å²) < 4.78 is 0. The van der Waals surface area contributed by atoms with Crippen LogP contribution in [0.5, 0.6) is 0 Å². The molecule has 0 radical (unpaired) electrons. The first-order valence-corrected chi connectivity index (χ1v) is 6.10. The van der Waals surface area contributed by atoms with Crippen molar-refractivity contribution in [3.63, 3.8) is 0 Å². The monoisotopic (exact) mass is 241 g/mol. The number of anilines is 1. The van der Waals surface area contributed by atoms with Gasteiger partial charge in [0.25, 0.3) is 0 Å². The summed E-state index contributed by atoms with van der Waals surface area (Å²) in [7, 11) is 0. The molecule has 1 heterocycles. The van der Waals surface area contributed by atoms with Crippen molar-refractivity contribution < 1.29 is 0 Å². The van der Waals surface area contributed by atoms with Crippen molar-refractivity contribution in [1.82, 2.24) is 10.2 Å². The lowest BCUT2D eigenvalue weighted by molar-refractivity contribution is 1.04. The highest BCUT2D eigenvalue weighted by Gasteiger charge is 2.14. The maximum atomic E-state index is 5.59. The van der Waals surface area contributed by atoms with Gasteiger partial charge in [0.2, 0.25) is 0 Å². The SMILES string of the molecule is Cc1c(C)c(C)c(-c2ccc(N)nn2)c(C)c1C. The van der Waals surface area contributed by atoms with Gasteiger partial charge in [0.1, 0.15) is 5.82 Å². The van der Waals surface area contributed by atoms with Gasteiger partial charge in [-0.3, -0.25) is 0 Å². The smallest absolute Gasteiger partial charge is 0.146 e. The van der Waals surface area contributed by atoms with E-state index in [0.717, 1.165) is 5.69 Å². The molecule has 2 N–H and O–H groups in total. The Morgan fingerprint density at radius 2 is 1.22 bits per heavy atom. The van der Waals surface area contributed by atoms with Crippen molar-refractivity contribution in [3.05, 3.63) is 39.9 Å². The molecular weight excluding hydrogens is 222 g/mol. The van der Waals surface area contributed by atoms with E-state index >= 15 is 0 Å². The minimum atomic E-state index is 0.453. The Morgan fingerprint density at radius 3 is 1.67 bits per heavy atom. The molecule has 0 aliphatic carbocycles. The Morgan fingerprint density at radius 1 is 0.722 bits per heavy atom. The van der Waals surface area contributed by atoms with E-state index in [2.05, 4.69) is 44.8 Å². The van der Waals surface area contributed by atoms with Gasteiger partial charge in [-0.25, -0.2) is 0 Å². The molecule has 0 spiro atoms. The maximum Gasteiger partial charge on any atom is 0.146 e. The standard InChI is InChI=1S/C15H19N3/c1-8-9(2)11(4)15(12(5)10(8)3)13-6-7-14(16)18-17-13/h6-7H,1-5H3,(H2,16,18). The zero-order chi connectivity index (χ0) is 13.4. The lowest BCUT2D eigenvalue weighted by atomic mass is 9.88. The van der Waals surface area contributed by atoms with E-state index in [1.54, 1.807) is 6.07 Å². The van der Waals surface area contributed by atoms with E-state index < -0.39 is 0 Å². The van der Waals surface area contributed by atoms with E-state index in [9.17, 15) is 0 Å². The van der Waals surface area contributed by atoms with Crippen molar-refractivity contribution in [2.24, 2.45) is 0 Å². The number of benzene rings is 1. The van der Waals surface area contributed by atoms with Gasteiger partial charge in [-0.1, -0.05) is 0 Å². The molecule has 0 amide bonds. The largest absolute Gasteiger partial charge is 0.382 e. The number of nitrogens with zero attached hydrogens (tertiary/aromatic N) is 2. The second kappa shape index (κ2) is 4.41. The van der Waals surface area contributed by atoms with Gasteiger partial charge in [-0.2, -0.15) is 0 Å². The van der Waals surface area contributed by atoms with E-state index in [4.69, 9.17) is 5.73 Å². The summed E-state index contributed by atoms with van der Waals surface area (Å²) in [5.41, 5.74) is 14.2. The van der Waals surface area contributed by atoms with Gasteiger partial charge < -0.3 is 5.73 Å². The van der Waals surface area contributed by atoms with Crippen LogP contribution in [0.15, 0.2) is 12.1 Å². The lowest BCUT2D eigenvalue weighted by Crippen LogP contribution is -2.02. The van der Waals surface area contributed by atoms with Crippen LogP contribution in [0.1, 0.15) is 27.8 Å². The zero-order valence-corrected chi connectivity index (χ0v) is 11.6. The second-order valence-corrected chi connectivity index (χ2v) is 4.84. The van der Waals surface area contributed by atoms with Gasteiger partial charge in [0.05, 0.1) is 5.69 Å². The van der Waals surface area contributed by atoms with Gasteiger partial charge in [0.15, 0.2) is 0 Å². The van der Waals surface area contributed by atoms with Crippen LogP contribution < -0.4 is 5.73 Å². The molecule has 0 fully saturated rings. The first kappa shape index (κ1) is 12.6. The molecule has 0 saturated carbocycles. The van der Waals surface area contributed by atoms with E-state index in [0.29, 0.717) is 5.82 Å². The van der Waals surface area contributed by atoms with Gasteiger partial charge in [-0.15, -0.1) is 10.2 Å². The summed E-state index contributed by atoms with van der Waals surface area (Å²) in [4.78, 5) is 0. The molecule has 0 aliphatic heterocycles. The molecule has 1 aromatic heterocycles. The average Bonchev–Trinajstić information content (AvgIpc) is 2.36. The molecule has 0 atom stereocenters. The molecule has 3 nitrogen and oxygen atoms in total. The quantitative estimate of drug-likeness (QED) is 0.833. The molecule has 2 rings (SSSR count). The van der Waals surface area contributed by atoms with E-state index in [-0.39, 0.29) is 0 Å². The summed E-state index contributed by atoms with van der Waals surface area (Å²) in [5, 5.41) is 8.15. The van der Waals surface area contributed by atoms with Crippen LogP contribution >= 0.6 is 0 Å². The van der Waals surface area contributed by atoms with E-state index in [1.165, 1.54) is 33.4 Å². The summed E-state index contributed by atoms with van der Waals surface area (Å²) in [6.07, 6.45) is 0. The molecule has 0 aliphatic rings. The predicted octanol–water partition coefficient (Wildman–Crippen LogP) is 3.27. The molecule has 2 aromatic rings. The van der Waals surface area contributed by atoms with Gasteiger partial charge in [0, 0.05) is 5.56 Å². The molecule has 0 bridgehead atoms. The fourth-order valence-corrected chi connectivity index (χ4v) is 2.36. The Balaban J connectivity index is 2.75. The maximum absolute atomic E-state index is 5.59. The number of nitrogen functional groups attached to an aromatic ring is 1. The normalized spacial score (nSPS) is 10.7. The van der Waals surface area contributed by atoms with Gasteiger partial charge >= 0.3 is 0 Å². The van der Waals surface area contributed by atoms with Crippen LogP contribution in [-0.2, 0) is 0 Å². The minimum Gasteiger partial charge on any atom is -0.382 e. The lowest BCUT2D eigenvalue weighted by Gasteiger charge is -2.17. The first-order valence-electron chi connectivity index (χ1n) is 6.10. The van der Waals surface area contributed by atoms with Crippen LogP contribution in [0.25, 0.3) is 11.3 Å². The Bertz CT molecular complexity index is 569. The second-order valence-electron chi connectivity index (χ2n) is 4.84. The molecule has 18 heavy (non-hydrogen) atoms. The summed E-state index contributed by atoms with van der Waals surface area (Å²) >= 11 is 0. The zero-order valence-electron chi connectivity index (χ0n) is 11.6. The van der Waals surface area contributed by atoms with Crippen molar-refractivity contribution in [1.29, 1.82) is 0 Å². The predicted molar refractivity (Wildman–Crippen MR) is 75.6 cm³/mol. The highest BCUT2D eigenvalue weighted by Crippen LogP contribution is 2.32. The molecule has 0 saturated heterocycles. The third-order valence-corrected chi connectivity index (χ3v) is 3.94. The Labute approximate surface area is 108 Å². The topological polar surface area (TPSA) is 51.8 Å². The summed E-state index contributed by atoms with van der Waals surface area (Å²) in [5.74, 6) is 0.453. The fraction of sp³-hybridized carbons (Fsp3) is 0.333. The number of hydrogen-bond donors (Lipinski definition) is 1. The van der Waals surface area contributed by atoms with Crippen molar-refractivity contribution in [2.45, 2.75) is 34.6 Å². The van der Waals surface area contributed by atoms with Crippen molar-refractivity contribution >= 4 is 5.82 Å². The Kier molecular flexibility index (Phi) is 3.07. The number of aromatic nitrogens is 2. The van der Waals surface area contributed by atoms with Crippen LogP contribution in [-0.4, -0.2) is 10.2 Å². The van der Waals surface area contributed by atoms with Crippen LogP contribution in [0, 0.1) is 34.6 Å². The third-order valence-electron chi connectivity index (χ3n) is 3.94.